The monoisotopic (exact) mass is 261 g/mol. The maximum atomic E-state index is 11.8. The highest BCUT2D eigenvalue weighted by Crippen LogP contribution is 2.21. The van der Waals surface area contributed by atoms with Gasteiger partial charge in [-0.15, -0.1) is 0 Å². The van der Waals surface area contributed by atoms with Gasteiger partial charge in [-0.2, -0.15) is 0 Å². The molecule has 0 aromatic heterocycles. The quantitative estimate of drug-likeness (QED) is 0.872. The van der Waals surface area contributed by atoms with Gasteiger partial charge in [-0.05, 0) is 24.6 Å². The van der Waals surface area contributed by atoms with Crippen molar-refractivity contribution in [2.45, 2.75) is 20.3 Å². The maximum Gasteiger partial charge on any atom is 0.321 e. The summed E-state index contributed by atoms with van der Waals surface area (Å²) < 4.78 is 0. The molecule has 0 radical (unpaired) electrons. The topological polar surface area (TPSA) is 61.4 Å². The molecule has 1 aliphatic rings. The van der Waals surface area contributed by atoms with Crippen LogP contribution in [-0.4, -0.2) is 25.0 Å². The molecule has 2 N–H and O–H groups in total. The molecule has 0 spiro atoms. The van der Waals surface area contributed by atoms with Crippen LogP contribution in [0.1, 0.15) is 20.3 Å². The number of hydrogen-bond donors (Lipinski definition) is 2. The fourth-order valence-corrected chi connectivity index (χ4v) is 1.92. The van der Waals surface area contributed by atoms with Gasteiger partial charge in [0.25, 0.3) is 0 Å². The van der Waals surface area contributed by atoms with Crippen LogP contribution < -0.4 is 15.5 Å². The van der Waals surface area contributed by atoms with E-state index < -0.39 is 0 Å². The second-order valence-electron chi connectivity index (χ2n) is 4.73. The van der Waals surface area contributed by atoms with Gasteiger partial charge in [0.15, 0.2) is 0 Å². The smallest absolute Gasteiger partial charge is 0.321 e. The standard InChI is InChI=1S/C14H19N3O2/c1-3-10(2)13(18)16-11-5-4-6-12(9-11)17-8-7-15-14(17)19/h4-6,9-10H,3,7-8H2,1-2H3,(H,15,19)(H,16,18)/t10-/m0/s1. The molecule has 0 aliphatic carbocycles. The van der Waals surface area contributed by atoms with Crippen LogP contribution in [0, 0.1) is 5.92 Å². The molecule has 1 aliphatic heterocycles. The Kier molecular flexibility index (Phi) is 4.04. The molecule has 0 unspecified atom stereocenters. The van der Waals surface area contributed by atoms with Gasteiger partial charge < -0.3 is 10.6 Å². The Balaban J connectivity index is 2.11. The number of carbonyl (C=O) groups is 2. The number of carbonyl (C=O) groups excluding carboxylic acids is 2. The van der Waals surface area contributed by atoms with Gasteiger partial charge in [-0.25, -0.2) is 4.79 Å². The number of amides is 3. The molecule has 2 rings (SSSR count). The molecule has 102 valence electrons. The first-order valence-electron chi connectivity index (χ1n) is 6.58. The molecule has 0 saturated carbocycles. The molecule has 1 atom stereocenters. The maximum absolute atomic E-state index is 11.8. The molecule has 1 aromatic carbocycles. The van der Waals surface area contributed by atoms with Crippen molar-refractivity contribution in [3.63, 3.8) is 0 Å². The number of nitrogens with zero attached hydrogens (tertiary/aromatic N) is 1. The fourth-order valence-electron chi connectivity index (χ4n) is 1.92. The molecule has 1 heterocycles. The van der Waals surface area contributed by atoms with E-state index in [-0.39, 0.29) is 17.9 Å². The molecule has 1 aromatic rings. The molecule has 0 bridgehead atoms. The highest BCUT2D eigenvalue weighted by molar-refractivity contribution is 5.96. The molecule has 5 nitrogen and oxygen atoms in total. The Morgan fingerprint density at radius 2 is 2.32 bits per heavy atom. The SMILES string of the molecule is CC[C@H](C)C(=O)Nc1cccc(N2CCNC2=O)c1. The van der Waals surface area contributed by atoms with Crippen LogP contribution >= 0.6 is 0 Å². The van der Waals surface area contributed by atoms with Crippen LogP contribution in [0.25, 0.3) is 0 Å². The largest absolute Gasteiger partial charge is 0.336 e. The van der Waals surface area contributed by atoms with Gasteiger partial charge in [-0.1, -0.05) is 19.9 Å². The Labute approximate surface area is 113 Å². The summed E-state index contributed by atoms with van der Waals surface area (Å²) in [5.41, 5.74) is 1.53. The number of anilines is 2. The highest BCUT2D eigenvalue weighted by Gasteiger charge is 2.21. The van der Waals surface area contributed by atoms with E-state index in [4.69, 9.17) is 0 Å². The lowest BCUT2D eigenvalue weighted by atomic mass is 10.1. The van der Waals surface area contributed by atoms with Crippen molar-refractivity contribution in [2.24, 2.45) is 5.92 Å². The van der Waals surface area contributed by atoms with E-state index in [2.05, 4.69) is 10.6 Å². The molecular formula is C14H19N3O2. The van der Waals surface area contributed by atoms with Gasteiger partial charge in [-0.3, -0.25) is 9.69 Å². The minimum Gasteiger partial charge on any atom is -0.336 e. The van der Waals surface area contributed by atoms with Crippen molar-refractivity contribution in [1.29, 1.82) is 0 Å². The third kappa shape index (κ3) is 3.05. The third-order valence-corrected chi connectivity index (χ3v) is 3.34. The predicted octanol–water partition coefficient (Wildman–Crippen LogP) is 2.20. The molecule has 5 heteroatoms. The number of benzene rings is 1. The first-order chi connectivity index (χ1) is 9.11. The summed E-state index contributed by atoms with van der Waals surface area (Å²) in [5.74, 6) is -0.00994. The first kappa shape index (κ1) is 13.4. The summed E-state index contributed by atoms with van der Waals surface area (Å²) in [5, 5.41) is 5.63. The van der Waals surface area contributed by atoms with Crippen molar-refractivity contribution in [3.8, 4) is 0 Å². The second kappa shape index (κ2) is 5.73. The van der Waals surface area contributed by atoms with E-state index in [0.29, 0.717) is 13.1 Å². The number of nitrogens with one attached hydrogen (secondary N) is 2. The Hall–Kier alpha value is -2.04. The predicted molar refractivity (Wildman–Crippen MR) is 75.3 cm³/mol. The van der Waals surface area contributed by atoms with Crippen molar-refractivity contribution in [1.82, 2.24) is 5.32 Å². The van der Waals surface area contributed by atoms with Crippen LogP contribution in [0.15, 0.2) is 24.3 Å². The van der Waals surface area contributed by atoms with Crippen molar-refractivity contribution in [3.05, 3.63) is 24.3 Å². The molecular weight excluding hydrogens is 242 g/mol. The van der Waals surface area contributed by atoms with E-state index >= 15 is 0 Å². The second-order valence-corrected chi connectivity index (χ2v) is 4.73. The van der Waals surface area contributed by atoms with Crippen LogP contribution in [0.3, 0.4) is 0 Å². The Morgan fingerprint density at radius 3 is 2.95 bits per heavy atom. The summed E-state index contributed by atoms with van der Waals surface area (Å²) in [7, 11) is 0. The van der Waals surface area contributed by atoms with Gasteiger partial charge in [0.1, 0.15) is 0 Å². The Morgan fingerprint density at radius 1 is 1.53 bits per heavy atom. The molecule has 19 heavy (non-hydrogen) atoms. The summed E-state index contributed by atoms with van der Waals surface area (Å²) in [6.45, 7) is 5.19. The van der Waals surface area contributed by atoms with Crippen LogP contribution in [0.4, 0.5) is 16.2 Å². The zero-order valence-electron chi connectivity index (χ0n) is 11.3. The van der Waals surface area contributed by atoms with Crippen LogP contribution in [-0.2, 0) is 4.79 Å². The number of urea groups is 1. The van der Waals surface area contributed by atoms with E-state index in [0.717, 1.165) is 17.8 Å². The summed E-state index contributed by atoms with van der Waals surface area (Å²) in [6, 6.07) is 7.27. The lowest BCUT2D eigenvalue weighted by Gasteiger charge is -2.16. The van der Waals surface area contributed by atoms with E-state index in [1.54, 1.807) is 4.90 Å². The zero-order chi connectivity index (χ0) is 13.8. The Bertz CT molecular complexity index is 487. The average Bonchev–Trinajstić information content (AvgIpc) is 2.84. The van der Waals surface area contributed by atoms with E-state index in [9.17, 15) is 9.59 Å². The highest BCUT2D eigenvalue weighted by atomic mass is 16.2. The average molecular weight is 261 g/mol. The first-order valence-corrected chi connectivity index (χ1v) is 6.58. The minimum absolute atomic E-state index is 0.00511. The summed E-state index contributed by atoms with van der Waals surface area (Å²) in [6.07, 6.45) is 0.806. The van der Waals surface area contributed by atoms with Gasteiger partial charge in [0.2, 0.25) is 5.91 Å². The van der Waals surface area contributed by atoms with Gasteiger partial charge in [0.05, 0.1) is 0 Å². The fraction of sp³-hybridized carbons (Fsp3) is 0.429. The number of hydrogen-bond acceptors (Lipinski definition) is 2. The van der Waals surface area contributed by atoms with Crippen molar-refractivity contribution in [2.75, 3.05) is 23.3 Å². The van der Waals surface area contributed by atoms with Crippen molar-refractivity contribution >= 4 is 23.3 Å². The zero-order valence-corrected chi connectivity index (χ0v) is 11.3. The minimum atomic E-state index is -0.0922. The van der Waals surface area contributed by atoms with Gasteiger partial charge >= 0.3 is 6.03 Å². The molecule has 1 fully saturated rings. The third-order valence-electron chi connectivity index (χ3n) is 3.34. The lowest BCUT2D eigenvalue weighted by molar-refractivity contribution is -0.119. The number of rotatable bonds is 4. The van der Waals surface area contributed by atoms with E-state index in [1.165, 1.54) is 0 Å². The van der Waals surface area contributed by atoms with E-state index in [1.807, 2.05) is 38.1 Å². The lowest BCUT2D eigenvalue weighted by Crippen LogP contribution is -2.27. The molecule has 3 amide bonds. The van der Waals surface area contributed by atoms with Crippen LogP contribution in [0.2, 0.25) is 0 Å². The van der Waals surface area contributed by atoms with Crippen molar-refractivity contribution < 1.29 is 9.59 Å². The van der Waals surface area contributed by atoms with Gasteiger partial charge in [0, 0.05) is 30.4 Å². The summed E-state index contributed by atoms with van der Waals surface area (Å²) >= 11 is 0. The molecule has 1 saturated heterocycles. The van der Waals surface area contributed by atoms with Crippen LogP contribution in [0.5, 0.6) is 0 Å². The normalized spacial score (nSPS) is 16.1. The summed E-state index contributed by atoms with van der Waals surface area (Å²) in [4.78, 5) is 25.1.